The van der Waals surface area contributed by atoms with Crippen LogP contribution >= 0.6 is 24.0 Å². The Kier molecular flexibility index (Phi) is 11.3. The maximum Gasteiger partial charge on any atom is 0.255 e. The van der Waals surface area contributed by atoms with Crippen molar-refractivity contribution >= 4 is 35.8 Å². The topological polar surface area (TPSA) is 88.7 Å². The molecule has 1 rings (SSSR count). The van der Waals surface area contributed by atoms with Gasteiger partial charge in [-0.2, -0.15) is 0 Å². The Morgan fingerprint density at radius 2 is 2.04 bits per heavy atom. The largest absolute Gasteiger partial charge is 0.484 e. The molecule has 4 N–H and O–H groups in total. The lowest BCUT2D eigenvalue weighted by atomic mass is 9.89. The predicted octanol–water partition coefficient (Wildman–Crippen LogP) is 3.05. The number of ether oxygens (including phenoxy) is 1. The third kappa shape index (κ3) is 11.2. The summed E-state index contributed by atoms with van der Waals surface area (Å²) in [6, 6.07) is 7.90. The highest BCUT2D eigenvalue weighted by molar-refractivity contribution is 14.0. The monoisotopic (exact) mass is 476 g/mol. The van der Waals surface area contributed by atoms with E-state index >= 15 is 0 Å². The Morgan fingerprint density at radius 3 is 2.62 bits per heavy atom. The second kappa shape index (κ2) is 12.0. The molecule has 0 saturated carbocycles. The van der Waals surface area contributed by atoms with E-state index in [1.165, 1.54) is 0 Å². The highest BCUT2D eigenvalue weighted by Crippen LogP contribution is 2.21. The number of hydrogen-bond acceptors (Lipinski definition) is 3. The van der Waals surface area contributed by atoms with Gasteiger partial charge in [0.15, 0.2) is 12.6 Å². The molecule has 0 aliphatic carbocycles. The SMILES string of the molecule is CN=C(NCc1cccc(OCC(N)=O)c1)NC(C)CCC(C)(C)C.I. The van der Waals surface area contributed by atoms with Crippen LogP contribution in [0.15, 0.2) is 29.3 Å². The van der Waals surface area contributed by atoms with Crippen molar-refractivity contribution in [1.82, 2.24) is 10.6 Å². The van der Waals surface area contributed by atoms with Gasteiger partial charge in [-0.1, -0.05) is 32.9 Å². The maximum atomic E-state index is 10.8. The molecule has 0 aliphatic heterocycles. The molecule has 1 amide bonds. The summed E-state index contributed by atoms with van der Waals surface area (Å²) >= 11 is 0. The Bertz CT molecular complexity index is 585. The van der Waals surface area contributed by atoms with Gasteiger partial charge in [0.05, 0.1) is 0 Å². The van der Waals surface area contributed by atoms with Crippen LogP contribution in [0.5, 0.6) is 5.75 Å². The van der Waals surface area contributed by atoms with Gasteiger partial charge >= 0.3 is 0 Å². The average molecular weight is 476 g/mol. The van der Waals surface area contributed by atoms with Gasteiger partial charge in [-0.3, -0.25) is 9.79 Å². The molecule has 1 aromatic rings. The summed E-state index contributed by atoms with van der Waals surface area (Å²) in [5.74, 6) is 0.904. The van der Waals surface area contributed by atoms with Crippen LogP contribution in [0.25, 0.3) is 0 Å². The van der Waals surface area contributed by atoms with Crippen molar-refractivity contribution in [3.63, 3.8) is 0 Å². The number of aliphatic imine (C=N–C) groups is 1. The lowest BCUT2D eigenvalue weighted by Crippen LogP contribution is -2.42. The first-order valence-electron chi connectivity index (χ1n) is 8.67. The van der Waals surface area contributed by atoms with Crippen LogP contribution < -0.4 is 21.1 Å². The standard InChI is InChI=1S/C19H32N4O2.HI/c1-14(9-10-19(2,3)4)23-18(21-5)22-12-15-7-6-8-16(11-15)25-13-17(20)24;/h6-8,11,14H,9-10,12-13H2,1-5H3,(H2,20,24)(H2,21,22,23);1H. The molecule has 0 aromatic heterocycles. The number of amides is 1. The first-order valence-corrected chi connectivity index (χ1v) is 8.67. The molecule has 0 saturated heterocycles. The van der Waals surface area contributed by atoms with E-state index in [9.17, 15) is 4.79 Å². The number of hydrogen-bond donors (Lipinski definition) is 3. The highest BCUT2D eigenvalue weighted by Gasteiger charge is 2.13. The normalized spacial score (nSPS) is 12.7. The van der Waals surface area contributed by atoms with Crippen LogP contribution in [0.1, 0.15) is 46.1 Å². The van der Waals surface area contributed by atoms with Crippen molar-refractivity contribution in [1.29, 1.82) is 0 Å². The van der Waals surface area contributed by atoms with Gasteiger partial charge in [0.25, 0.3) is 5.91 Å². The second-order valence-electron chi connectivity index (χ2n) is 7.47. The van der Waals surface area contributed by atoms with Crippen molar-refractivity contribution in [2.45, 2.75) is 53.1 Å². The molecule has 1 unspecified atom stereocenters. The van der Waals surface area contributed by atoms with Gasteiger partial charge in [0, 0.05) is 19.6 Å². The average Bonchev–Trinajstić information content (AvgIpc) is 2.54. The lowest BCUT2D eigenvalue weighted by Gasteiger charge is -2.23. The number of rotatable bonds is 8. The molecule has 0 bridgehead atoms. The van der Waals surface area contributed by atoms with Gasteiger partial charge in [0.2, 0.25) is 0 Å². The summed E-state index contributed by atoms with van der Waals surface area (Å²) in [6.07, 6.45) is 2.23. The van der Waals surface area contributed by atoms with E-state index in [0.717, 1.165) is 24.4 Å². The highest BCUT2D eigenvalue weighted by atomic mass is 127. The first-order chi connectivity index (χ1) is 11.7. The van der Waals surface area contributed by atoms with E-state index < -0.39 is 5.91 Å². The zero-order valence-electron chi connectivity index (χ0n) is 16.5. The molecule has 0 spiro atoms. The molecule has 0 heterocycles. The van der Waals surface area contributed by atoms with Crippen LogP contribution in [-0.4, -0.2) is 31.6 Å². The zero-order chi connectivity index (χ0) is 18.9. The van der Waals surface area contributed by atoms with E-state index in [1.807, 2.05) is 18.2 Å². The Hall–Kier alpha value is -1.51. The fourth-order valence-electron chi connectivity index (χ4n) is 2.24. The van der Waals surface area contributed by atoms with Gasteiger partial charge in [0.1, 0.15) is 5.75 Å². The zero-order valence-corrected chi connectivity index (χ0v) is 18.8. The second-order valence-corrected chi connectivity index (χ2v) is 7.47. The Labute approximate surface area is 174 Å². The summed E-state index contributed by atoms with van der Waals surface area (Å²) in [7, 11) is 1.76. The molecule has 0 radical (unpaired) electrons. The van der Waals surface area contributed by atoms with Crippen molar-refractivity contribution in [3.05, 3.63) is 29.8 Å². The summed E-state index contributed by atoms with van der Waals surface area (Å²) in [5.41, 5.74) is 6.46. The molecular weight excluding hydrogens is 443 g/mol. The third-order valence-electron chi connectivity index (χ3n) is 3.67. The van der Waals surface area contributed by atoms with Gasteiger partial charge in [-0.15, -0.1) is 24.0 Å². The van der Waals surface area contributed by atoms with E-state index in [-0.39, 0.29) is 30.6 Å². The fourth-order valence-corrected chi connectivity index (χ4v) is 2.24. The lowest BCUT2D eigenvalue weighted by molar-refractivity contribution is -0.119. The van der Waals surface area contributed by atoms with Crippen molar-refractivity contribution < 1.29 is 9.53 Å². The van der Waals surface area contributed by atoms with Crippen molar-refractivity contribution in [3.8, 4) is 5.75 Å². The molecule has 1 aromatic carbocycles. The number of nitrogens with one attached hydrogen (secondary N) is 2. The number of carbonyl (C=O) groups is 1. The molecule has 148 valence electrons. The van der Waals surface area contributed by atoms with Gasteiger partial charge in [-0.05, 0) is 42.9 Å². The summed E-state index contributed by atoms with van der Waals surface area (Å²) in [4.78, 5) is 15.1. The fraction of sp³-hybridized carbons (Fsp3) is 0.579. The summed E-state index contributed by atoms with van der Waals surface area (Å²) in [6.45, 7) is 9.40. The van der Waals surface area contributed by atoms with E-state index in [0.29, 0.717) is 23.8 Å². The Morgan fingerprint density at radius 1 is 1.35 bits per heavy atom. The minimum absolute atomic E-state index is 0. The molecule has 0 aliphatic rings. The Balaban J connectivity index is 0.00000625. The van der Waals surface area contributed by atoms with Gasteiger partial charge < -0.3 is 21.1 Å². The molecule has 26 heavy (non-hydrogen) atoms. The molecule has 7 heteroatoms. The smallest absolute Gasteiger partial charge is 0.255 e. The van der Waals surface area contributed by atoms with E-state index in [2.05, 4.69) is 43.3 Å². The molecule has 0 fully saturated rings. The minimum Gasteiger partial charge on any atom is -0.484 e. The summed E-state index contributed by atoms with van der Waals surface area (Å²) in [5, 5.41) is 6.71. The number of nitrogens with two attached hydrogens (primary N) is 1. The van der Waals surface area contributed by atoms with Crippen molar-refractivity contribution in [2.24, 2.45) is 16.1 Å². The van der Waals surface area contributed by atoms with Crippen LogP contribution in [0.4, 0.5) is 0 Å². The summed E-state index contributed by atoms with van der Waals surface area (Å²) < 4.78 is 5.32. The van der Waals surface area contributed by atoms with Crippen LogP contribution in [-0.2, 0) is 11.3 Å². The number of primary amides is 1. The maximum absolute atomic E-state index is 10.8. The number of carbonyl (C=O) groups excluding carboxylic acids is 1. The molecule has 1 atom stereocenters. The van der Waals surface area contributed by atoms with Gasteiger partial charge in [-0.25, -0.2) is 0 Å². The molecular formula is C19H33IN4O2. The third-order valence-corrected chi connectivity index (χ3v) is 3.67. The van der Waals surface area contributed by atoms with Crippen LogP contribution in [0, 0.1) is 5.41 Å². The minimum atomic E-state index is -0.489. The van der Waals surface area contributed by atoms with Crippen LogP contribution in [0.2, 0.25) is 0 Å². The molecule has 6 nitrogen and oxygen atoms in total. The number of benzene rings is 1. The van der Waals surface area contributed by atoms with E-state index in [1.54, 1.807) is 13.1 Å². The number of guanidine groups is 1. The van der Waals surface area contributed by atoms with E-state index in [4.69, 9.17) is 10.5 Å². The van der Waals surface area contributed by atoms with Crippen molar-refractivity contribution in [2.75, 3.05) is 13.7 Å². The number of nitrogens with zero attached hydrogens (tertiary/aromatic N) is 1. The van der Waals surface area contributed by atoms with Crippen LogP contribution in [0.3, 0.4) is 0 Å². The first kappa shape index (κ1) is 24.5. The number of halogens is 1. The predicted molar refractivity (Wildman–Crippen MR) is 118 cm³/mol. The quantitative estimate of drug-likeness (QED) is 0.306.